The van der Waals surface area contributed by atoms with E-state index in [1.807, 2.05) is 20.8 Å². The summed E-state index contributed by atoms with van der Waals surface area (Å²) in [5, 5.41) is 5.74. The van der Waals surface area contributed by atoms with Crippen LogP contribution in [0.3, 0.4) is 0 Å². The maximum absolute atomic E-state index is 12.2. The van der Waals surface area contributed by atoms with Gasteiger partial charge in [0.25, 0.3) is 11.8 Å². The van der Waals surface area contributed by atoms with Gasteiger partial charge in [-0.2, -0.15) is 0 Å². The van der Waals surface area contributed by atoms with Crippen LogP contribution in [0.2, 0.25) is 0 Å². The van der Waals surface area contributed by atoms with Crippen LogP contribution in [0.5, 0.6) is 5.75 Å². The standard InChI is InChI=1S/C16H22N2O3/c1-6-15(2,3)18-13(19)10-7-8-12-11(9-10)17-14(20)16(4,5)21-12/h7-9H,6H2,1-5H3,(H,17,20)(H,18,19). The van der Waals surface area contributed by atoms with Crippen LogP contribution >= 0.6 is 0 Å². The van der Waals surface area contributed by atoms with Crippen molar-refractivity contribution in [2.24, 2.45) is 0 Å². The molecule has 2 rings (SSSR count). The van der Waals surface area contributed by atoms with Crippen molar-refractivity contribution >= 4 is 17.5 Å². The molecule has 0 saturated carbocycles. The van der Waals surface area contributed by atoms with Crippen molar-refractivity contribution in [2.75, 3.05) is 5.32 Å². The summed E-state index contributed by atoms with van der Waals surface area (Å²) in [6.07, 6.45) is 0.831. The van der Waals surface area contributed by atoms with Crippen molar-refractivity contribution in [3.63, 3.8) is 0 Å². The summed E-state index contributed by atoms with van der Waals surface area (Å²) in [6, 6.07) is 5.06. The van der Waals surface area contributed by atoms with Gasteiger partial charge in [0, 0.05) is 11.1 Å². The predicted octanol–water partition coefficient (Wildman–Crippen LogP) is 2.71. The molecule has 1 heterocycles. The Kier molecular flexibility index (Phi) is 3.70. The summed E-state index contributed by atoms with van der Waals surface area (Å²) < 4.78 is 5.64. The Hall–Kier alpha value is -2.04. The Morgan fingerprint density at radius 3 is 2.67 bits per heavy atom. The van der Waals surface area contributed by atoms with E-state index >= 15 is 0 Å². The highest BCUT2D eigenvalue weighted by atomic mass is 16.5. The van der Waals surface area contributed by atoms with Crippen LogP contribution in [-0.2, 0) is 4.79 Å². The van der Waals surface area contributed by atoms with Crippen LogP contribution in [0.25, 0.3) is 0 Å². The topological polar surface area (TPSA) is 67.4 Å². The molecule has 5 heteroatoms. The predicted molar refractivity (Wildman–Crippen MR) is 81.6 cm³/mol. The Morgan fingerprint density at radius 1 is 1.38 bits per heavy atom. The Bertz CT molecular complexity index is 591. The third-order valence-corrected chi connectivity index (χ3v) is 3.74. The molecular formula is C16H22N2O3. The van der Waals surface area contributed by atoms with Crippen molar-refractivity contribution in [2.45, 2.75) is 52.2 Å². The van der Waals surface area contributed by atoms with Gasteiger partial charge >= 0.3 is 0 Å². The monoisotopic (exact) mass is 290 g/mol. The number of carbonyl (C=O) groups is 2. The van der Waals surface area contributed by atoms with Gasteiger partial charge < -0.3 is 15.4 Å². The molecular weight excluding hydrogens is 268 g/mol. The van der Waals surface area contributed by atoms with Gasteiger partial charge in [-0.15, -0.1) is 0 Å². The Balaban J connectivity index is 2.25. The third-order valence-electron chi connectivity index (χ3n) is 3.74. The molecule has 0 bridgehead atoms. The van der Waals surface area contributed by atoms with Crippen LogP contribution in [0, 0.1) is 0 Å². The normalized spacial score (nSPS) is 16.5. The lowest BCUT2D eigenvalue weighted by Gasteiger charge is -2.32. The zero-order valence-corrected chi connectivity index (χ0v) is 13.2. The summed E-state index contributed by atoms with van der Waals surface area (Å²) in [6.45, 7) is 9.36. The van der Waals surface area contributed by atoms with Gasteiger partial charge in [-0.3, -0.25) is 9.59 Å². The molecule has 0 unspecified atom stereocenters. The van der Waals surface area contributed by atoms with E-state index < -0.39 is 5.60 Å². The fraction of sp³-hybridized carbons (Fsp3) is 0.500. The van der Waals surface area contributed by atoms with Crippen LogP contribution < -0.4 is 15.4 Å². The molecule has 0 radical (unpaired) electrons. The van der Waals surface area contributed by atoms with Gasteiger partial charge in [-0.05, 0) is 52.3 Å². The molecule has 0 atom stereocenters. The Labute approximate surface area is 125 Å². The van der Waals surface area contributed by atoms with Gasteiger partial charge in [-0.25, -0.2) is 0 Å². The molecule has 1 aliphatic rings. The molecule has 21 heavy (non-hydrogen) atoms. The second kappa shape index (κ2) is 5.06. The highest BCUT2D eigenvalue weighted by Gasteiger charge is 2.35. The van der Waals surface area contributed by atoms with E-state index in [2.05, 4.69) is 10.6 Å². The molecule has 2 amide bonds. The molecule has 1 aliphatic heterocycles. The summed E-state index contributed by atoms with van der Waals surface area (Å²) in [5.74, 6) is 0.191. The van der Waals surface area contributed by atoms with Crippen molar-refractivity contribution < 1.29 is 14.3 Å². The van der Waals surface area contributed by atoms with E-state index in [0.29, 0.717) is 17.0 Å². The summed E-state index contributed by atoms with van der Waals surface area (Å²) in [5.41, 5.74) is -0.143. The number of fused-ring (bicyclic) bond motifs is 1. The molecule has 5 nitrogen and oxygen atoms in total. The maximum atomic E-state index is 12.2. The molecule has 114 valence electrons. The van der Waals surface area contributed by atoms with E-state index in [1.54, 1.807) is 32.0 Å². The average Bonchev–Trinajstić information content (AvgIpc) is 2.38. The van der Waals surface area contributed by atoms with E-state index in [4.69, 9.17) is 4.74 Å². The summed E-state index contributed by atoms with van der Waals surface area (Å²) in [7, 11) is 0. The zero-order valence-electron chi connectivity index (χ0n) is 13.2. The fourth-order valence-electron chi connectivity index (χ4n) is 1.92. The highest BCUT2D eigenvalue weighted by Crippen LogP contribution is 2.34. The number of rotatable bonds is 3. The lowest BCUT2D eigenvalue weighted by molar-refractivity contribution is -0.129. The number of anilines is 1. The quantitative estimate of drug-likeness (QED) is 0.899. The molecule has 0 aliphatic carbocycles. The number of amides is 2. The van der Waals surface area contributed by atoms with Crippen molar-refractivity contribution in [3.05, 3.63) is 23.8 Å². The molecule has 1 aromatic carbocycles. The minimum Gasteiger partial charge on any atom is -0.476 e. The molecule has 0 spiro atoms. The lowest BCUT2D eigenvalue weighted by atomic mass is 10.0. The molecule has 0 aromatic heterocycles. The fourth-order valence-corrected chi connectivity index (χ4v) is 1.92. The first-order valence-electron chi connectivity index (χ1n) is 7.12. The number of nitrogens with one attached hydrogen (secondary N) is 2. The Morgan fingerprint density at radius 2 is 2.05 bits per heavy atom. The summed E-state index contributed by atoms with van der Waals surface area (Å²) in [4.78, 5) is 24.1. The SMILES string of the molecule is CCC(C)(C)NC(=O)c1ccc2c(c1)NC(=O)C(C)(C)O2. The minimum absolute atomic E-state index is 0.163. The van der Waals surface area contributed by atoms with Crippen molar-refractivity contribution in [3.8, 4) is 5.75 Å². The van der Waals surface area contributed by atoms with Gasteiger partial charge in [0.15, 0.2) is 5.60 Å². The smallest absolute Gasteiger partial charge is 0.268 e. The number of benzene rings is 1. The molecule has 2 N–H and O–H groups in total. The number of hydrogen-bond donors (Lipinski definition) is 2. The van der Waals surface area contributed by atoms with Crippen LogP contribution in [0.1, 0.15) is 51.4 Å². The van der Waals surface area contributed by atoms with E-state index in [0.717, 1.165) is 6.42 Å². The van der Waals surface area contributed by atoms with E-state index in [9.17, 15) is 9.59 Å². The van der Waals surface area contributed by atoms with Gasteiger partial charge in [0.2, 0.25) is 0 Å². The zero-order chi connectivity index (χ0) is 15.8. The van der Waals surface area contributed by atoms with Crippen LogP contribution in [0.4, 0.5) is 5.69 Å². The number of hydrogen-bond acceptors (Lipinski definition) is 3. The first-order chi connectivity index (χ1) is 9.64. The van der Waals surface area contributed by atoms with Crippen LogP contribution in [-0.4, -0.2) is 23.0 Å². The molecule has 1 aromatic rings. The molecule has 0 fully saturated rings. The maximum Gasteiger partial charge on any atom is 0.268 e. The van der Waals surface area contributed by atoms with Gasteiger partial charge in [0.1, 0.15) is 5.75 Å². The van der Waals surface area contributed by atoms with Crippen molar-refractivity contribution in [1.82, 2.24) is 5.32 Å². The largest absolute Gasteiger partial charge is 0.476 e. The number of carbonyl (C=O) groups excluding carboxylic acids is 2. The minimum atomic E-state index is -0.902. The molecule has 0 saturated heterocycles. The van der Waals surface area contributed by atoms with Crippen LogP contribution in [0.15, 0.2) is 18.2 Å². The summed E-state index contributed by atoms with van der Waals surface area (Å²) >= 11 is 0. The highest BCUT2D eigenvalue weighted by molar-refractivity contribution is 6.02. The van der Waals surface area contributed by atoms with E-state index in [1.165, 1.54) is 0 Å². The second-order valence-electron chi connectivity index (χ2n) is 6.47. The first-order valence-corrected chi connectivity index (χ1v) is 7.12. The van der Waals surface area contributed by atoms with E-state index in [-0.39, 0.29) is 17.4 Å². The number of ether oxygens (including phenoxy) is 1. The van der Waals surface area contributed by atoms with Crippen molar-refractivity contribution in [1.29, 1.82) is 0 Å². The average molecular weight is 290 g/mol. The first kappa shape index (κ1) is 15.4. The van der Waals surface area contributed by atoms with Gasteiger partial charge in [-0.1, -0.05) is 6.92 Å². The third kappa shape index (κ3) is 3.17. The lowest BCUT2D eigenvalue weighted by Crippen LogP contribution is -2.46. The van der Waals surface area contributed by atoms with Gasteiger partial charge in [0.05, 0.1) is 5.69 Å². The second-order valence-corrected chi connectivity index (χ2v) is 6.47.